The number of rotatable bonds is 10. The Balaban J connectivity index is 2.78. The van der Waals surface area contributed by atoms with E-state index in [1.54, 1.807) is 12.1 Å². The minimum atomic E-state index is -0.497. The first-order chi connectivity index (χ1) is 11.5. The number of nitrogens with two attached hydrogens (primary N) is 1. The third-order valence-corrected chi connectivity index (χ3v) is 3.13. The lowest BCUT2D eigenvalue weighted by Crippen LogP contribution is -2.32. The maximum atomic E-state index is 11.1. The number of hydrogen-bond donors (Lipinski definition) is 1. The van der Waals surface area contributed by atoms with Crippen molar-refractivity contribution in [2.24, 2.45) is 0 Å². The van der Waals surface area contributed by atoms with Crippen LogP contribution in [-0.2, 0) is 19.1 Å². The summed E-state index contributed by atoms with van der Waals surface area (Å²) in [6.45, 7) is 7.81. The molecule has 0 radical (unpaired) electrons. The smallest absolute Gasteiger partial charge is 0.330 e. The van der Waals surface area contributed by atoms with Crippen molar-refractivity contribution < 1.29 is 23.8 Å². The zero-order valence-electron chi connectivity index (χ0n) is 13.7. The highest BCUT2D eigenvalue weighted by Crippen LogP contribution is 2.27. The van der Waals surface area contributed by atoms with Gasteiger partial charge in [-0.1, -0.05) is 13.2 Å². The maximum Gasteiger partial charge on any atom is 0.330 e. The first-order valence-electron chi connectivity index (χ1n) is 7.28. The standard InChI is InChI=1S/C17H22N2O5/c1-4-16(20)23-10-8-19(9-11-24-17(21)5-2)13-6-7-14(18)15(12-13)22-3/h4-7,12H,1-2,8-11,18H2,3H3. The van der Waals surface area contributed by atoms with Crippen molar-refractivity contribution in [1.82, 2.24) is 0 Å². The highest BCUT2D eigenvalue weighted by Gasteiger charge is 2.11. The molecule has 0 aliphatic rings. The molecule has 0 fully saturated rings. The number of anilines is 2. The lowest BCUT2D eigenvalue weighted by Gasteiger charge is -2.25. The third kappa shape index (κ3) is 6.04. The minimum absolute atomic E-state index is 0.160. The number of nitrogens with zero attached hydrogens (tertiary/aromatic N) is 1. The van der Waals surface area contributed by atoms with Gasteiger partial charge in [0.25, 0.3) is 0 Å². The van der Waals surface area contributed by atoms with Crippen LogP contribution in [0.3, 0.4) is 0 Å². The van der Waals surface area contributed by atoms with Gasteiger partial charge in [-0.25, -0.2) is 9.59 Å². The van der Waals surface area contributed by atoms with Gasteiger partial charge in [0.1, 0.15) is 19.0 Å². The molecule has 130 valence electrons. The number of carbonyl (C=O) groups is 2. The third-order valence-electron chi connectivity index (χ3n) is 3.13. The summed E-state index contributed by atoms with van der Waals surface area (Å²) in [5.41, 5.74) is 7.12. The fourth-order valence-corrected chi connectivity index (χ4v) is 1.90. The molecular formula is C17H22N2O5. The zero-order valence-corrected chi connectivity index (χ0v) is 13.7. The number of carbonyl (C=O) groups excluding carboxylic acids is 2. The van der Waals surface area contributed by atoms with Gasteiger partial charge in [0.05, 0.1) is 25.9 Å². The summed E-state index contributed by atoms with van der Waals surface area (Å²) in [5.74, 6) is -0.463. The van der Waals surface area contributed by atoms with E-state index in [2.05, 4.69) is 13.2 Å². The van der Waals surface area contributed by atoms with Crippen LogP contribution in [0.4, 0.5) is 11.4 Å². The molecule has 0 aliphatic heterocycles. The fraction of sp³-hybridized carbons (Fsp3) is 0.294. The van der Waals surface area contributed by atoms with E-state index in [-0.39, 0.29) is 13.2 Å². The summed E-state index contributed by atoms with van der Waals surface area (Å²) in [7, 11) is 1.53. The molecular weight excluding hydrogens is 312 g/mol. The van der Waals surface area contributed by atoms with Crippen molar-refractivity contribution >= 4 is 23.3 Å². The molecule has 7 heteroatoms. The van der Waals surface area contributed by atoms with Gasteiger partial charge in [-0.3, -0.25) is 0 Å². The van der Waals surface area contributed by atoms with Crippen LogP contribution in [-0.4, -0.2) is 45.4 Å². The second kappa shape index (κ2) is 9.94. The molecule has 1 aromatic rings. The number of ether oxygens (including phenoxy) is 3. The molecule has 2 N–H and O–H groups in total. The zero-order chi connectivity index (χ0) is 17.9. The molecule has 0 atom stereocenters. The molecule has 0 saturated heterocycles. The minimum Gasteiger partial charge on any atom is -0.495 e. The van der Waals surface area contributed by atoms with Gasteiger partial charge in [0.15, 0.2) is 0 Å². The number of methoxy groups -OCH3 is 1. The Kier molecular flexibility index (Phi) is 7.90. The predicted molar refractivity (Wildman–Crippen MR) is 91.9 cm³/mol. The summed E-state index contributed by atoms with van der Waals surface area (Å²) in [4.78, 5) is 24.2. The van der Waals surface area contributed by atoms with Crippen LogP contribution in [0, 0.1) is 0 Å². The highest BCUT2D eigenvalue weighted by molar-refractivity contribution is 5.81. The van der Waals surface area contributed by atoms with Crippen LogP contribution in [0.2, 0.25) is 0 Å². The Labute approximate surface area is 141 Å². The second-order valence-electron chi connectivity index (χ2n) is 4.66. The average molecular weight is 334 g/mol. The van der Waals surface area contributed by atoms with Crippen LogP contribution in [0.25, 0.3) is 0 Å². The molecule has 0 amide bonds. The molecule has 0 aromatic heterocycles. The van der Waals surface area contributed by atoms with Crippen LogP contribution < -0.4 is 15.4 Å². The molecule has 1 aromatic carbocycles. The summed E-state index contributed by atoms with van der Waals surface area (Å²) < 4.78 is 15.2. The molecule has 7 nitrogen and oxygen atoms in total. The summed E-state index contributed by atoms with van der Waals surface area (Å²) in [5, 5.41) is 0. The van der Waals surface area contributed by atoms with Crippen molar-refractivity contribution in [2.45, 2.75) is 0 Å². The van der Waals surface area contributed by atoms with Gasteiger partial charge in [-0.2, -0.15) is 0 Å². The van der Waals surface area contributed by atoms with E-state index in [9.17, 15) is 9.59 Å². The fourth-order valence-electron chi connectivity index (χ4n) is 1.90. The molecule has 0 unspecified atom stereocenters. The van der Waals surface area contributed by atoms with Crippen molar-refractivity contribution in [2.75, 3.05) is 44.0 Å². The number of nitrogen functional groups attached to an aromatic ring is 1. The molecule has 0 spiro atoms. The summed E-state index contributed by atoms with van der Waals surface area (Å²) >= 11 is 0. The molecule has 0 saturated carbocycles. The van der Waals surface area contributed by atoms with E-state index in [4.69, 9.17) is 19.9 Å². The largest absolute Gasteiger partial charge is 0.495 e. The van der Waals surface area contributed by atoms with E-state index >= 15 is 0 Å². The van der Waals surface area contributed by atoms with E-state index < -0.39 is 11.9 Å². The molecule has 0 aliphatic carbocycles. The Morgan fingerprint density at radius 1 is 1.12 bits per heavy atom. The van der Waals surface area contributed by atoms with Gasteiger partial charge >= 0.3 is 11.9 Å². The first kappa shape index (κ1) is 19.1. The second-order valence-corrected chi connectivity index (χ2v) is 4.66. The Morgan fingerprint density at radius 2 is 1.67 bits per heavy atom. The Bertz CT molecular complexity index is 575. The van der Waals surface area contributed by atoms with Crippen molar-refractivity contribution in [3.05, 3.63) is 43.5 Å². The monoisotopic (exact) mass is 334 g/mol. The maximum absolute atomic E-state index is 11.1. The predicted octanol–water partition coefficient (Wildman–Crippen LogP) is 1.54. The van der Waals surface area contributed by atoms with Crippen LogP contribution >= 0.6 is 0 Å². The van der Waals surface area contributed by atoms with Crippen LogP contribution in [0.1, 0.15) is 0 Å². The van der Waals surface area contributed by atoms with Gasteiger partial charge in [0, 0.05) is 23.9 Å². The molecule has 0 heterocycles. The first-order valence-corrected chi connectivity index (χ1v) is 7.28. The van der Waals surface area contributed by atoms with Crippen molar-refractivity contribution in [3.63, 3.8) is 0 Å². The lowest BCUT2D eigenvalue weighted by atomic mass is 10.2. The Hall–Kier alpha value is -2.96. The summed E-state index contributed by atoms with van der Waals surface area (Å²) in [6.07, 6.45) is 2.20. The van der Waals surface area contributed by atoms with Gasteiger partial charge in [0.2, 0.25) is 0 Å². The van der Waals surface area contributed by atoms with E-state index in [0.29, 0.717) is 24.5 Å². The van der Waals surface area contributed by atoms with Gasteiger partial charge < -0.3 is 24.8 Å². The van der Waals surface area contributed by atoms with Crippen LogP contribution in [0.5, 0.6) is 5.75 Å². The quantitative estimate of drug-likeness (QED) is 0.394. The molecule has 24 heavy (non-hydrogen) atoms. The summed E-state index contributed by atoms with van der Waals surface area (Å²) in [6, 6.07) is 5.29. The van der Waals surface area contributed by atoms with Gasteiger partial charge in [-0.05, 0) is 12.1 Å². The number of hydrogen-bond acceptors (Lipinski definition) is 7. The number of esters is 2. The normalized spacial score (nSPS) is 9.71. The van der Waals surface area contributed by atoms with E-state index in [1.165, 1.54) is 7.11 Å². The molecule has 1 rings (SSSR count). The topological polar surface area (TPSA) is 91.1 Å². The lowest BCUT2D eigenvalue weighted by molar-refractivity contribution is -0.137. The number of benzene rings is 1. The average Bonchev–Trinajstić information content (AvgIpc) is 2.60. The van der Waals surface area contributed by atoms with Crippen LogP contribution in [0.15, 0.2) is 43.5 Å². The van der Waals surface area contributed by atoms with E-state index in [1.807, 2.05) is 11.0 Å². The molecule has 0 bridgehead atoms. The van der Waals surface area contributed by atoms with Crippen molar-refractivity contribution in [1.29, 1.82) is 0 Å². The van der Waals surface area contributed by atoms with E-state index in [0.717, 1.165) is 17.8 Å². The highest BCUT2D eigenvalue weighted by atomic mass is 16.5. The Morgan fingerprint density at radius 3 is 2.12 bits per heavy atom. The SMILES string of the molecule is C=CC(=O)OCCN(CCOC(=O)C=C)c1ccc(N)c(OC)c1. The van der Waals surface area contributed by atoms with Crippen molar-refractivity contribution in [3.8, 4) is 5.75 Å². The van der Waals surface area contributed by atoms with Gasteiger partial charge in [-0.15, -0.1) is 0 Å².